The zero-order chi connectivity index (χ0) is 15.2. The van der Waals surface area contributed by atoms with Crippen molar-refractivity contribution < 1.29 is 14.9 Å². The minimum absolute atomic E-state index is 0.284. The Labute approximate surface area is 127 Å². The van der Waals surface area contributed by atoms with Gasteiger partial charge in [-0.05, 0) is 57.3 Å². The quantitative estimate of drug-likeness (QED) is 0.839. The first-order valence-corrected chi connectivity index (χ1v) is 7.80. The van der Waals surface area contributed by atoms with Gasteiger partial charge in [-0.25, -0.2) is 0 Å². The number of aliphatic hydroxyl groups is 2. The normalized spacial score (nSPS) is 18.7. The summed E-state index contributed by atoms with van der Waals surface area (Å²) in [5, 5.41) is 19.2. The van der Waals surface area contributed by atoms with Crippen molar-refractivity contribution >= 4 is 0 Å². The van der Waals surface area contributed by atoms with E-state index in [4.69, 9.17) is 9.84 Å². The van der Waals surface area contributed by atoms with Crippen molar-refractivity contribution in [1.29, 1.82) is 0 Å². The maximum absolute atomic E-state index is 10.1. The Morgan fingerprint density at radius 1 is 1.29 bits per heavy atom. The van der Waals surface area contributed by atoms with E-state index in [1.165, 1.54) is 5.56 Å². The van der Waals surface area contributed by atoms with E-state index < -0.39 is 6.10 Å². The van der Waals surface area contributed by atoms with Crippen LogP contribution >= 0.6 is 0 Å². The molecule has 1 fully saturated rings. The van der Waals surface area contributed by atoms with E-state index in [0.717, 1.165) is 37.2 Å². The molecule has 4 heteroatoms. The summed E-state index contributed by atoms with van der Waals surface area (Å²) >= 11 is 0. The van der Waals surface area contributed by atoms with E-state index in [1.807, 2.05) is 19.1 Å². The summed E-state index contributed by atoms with van der Waals surface area (Å²) in [5.41, 5.74) is 2.32. The molecule has 2 rings (SSSR count). The topological polar surface area (TPSA) is 52.9 Å². The van der Waals surface area contributed by atoms with Gasteiger partial charge in [0, 0.05) is 13.2 Å². The molecule has 1 aliphatic rings. The third-order valence-electron chi connectivity index (χ3n) is 4.20. The number of benzene rings is 1. The molecule has 0 radical (unpaired) electrons. The van der Waals surface area contributed by atoms with Gasteiger partial charge in [-0.3, -0.25) is 0 Å². The molecule has 0 bridgehead atoms. The van der Waals surface area contributed by atoms with Gasteiger partial charge in [0.25, 0.3) is 0 Å². The minimum atomic E-state index is -0.476. The molecular weight excluding hydrogens is 266 g/mol. The molecule has 0 aromatic heterocycles. The highest BCUT2D eigenvalue weighted by Crippen LogP contribution is 2.19. The molecule has 1 aliphatic heterocycles. The first-order valence-electron chi connectivity index (χ1n) is 7.80. The van der Waals surface area contributed by atoms with Gasteiger partial charge in [-0.1, -0.05) is 17.7 Å². The molecule has 1 aromatic carbocycles. The van der Waals surface area contributed by atoms with E-state index >= 15 is 0 Å². The number of hydrogen-bond acceptors (Lipinski definition) is 4. The third-order valence-corrected chi connectivity index (χ3v) is 4.20. The second kappa shape index (κ2) is 7.78. The van der Waals surface area contributed by atoms with Gasteiger partial charge in [0.2, 0.25) is 0 Å². The number of rotatable bonds is 6. The van der Waals surface area contributed by atoms with Gasteiger partial charge >= 0.3 is 0 Å². The summed E-state index contributed by atoms with van der Waals surface area (Å²) in [6.45, 7) is 7.23. The molecule has 4 nitrogen and oxygen atoms in total. The van der Waals surface area contributed by atoms with Gasteiger partial charge in [-0.15, -0.1) is 0 Å². The van der Waals surface area contributed by atoms with Crippen LogP contribution in [0.15, 0.2) is 18.2 Å². The molecule has 2 N–H and O–H groups in total. The smallest absolute Gasteiger partial charge is 0.122 e. The van der Waals surface area contributed by atoms with E-state index in [0.29, 0.717) is 19.1 Å². The zero-order valence-corrected chi connectivity index (χ0v) is 13.1. The van der Waals surface area contributed by atoms with E-state index in [-0.39, 0.29) is 6.61 Å². The third kappa shape index (κ3) is 4.99. The zero-order valence-electron chi connectivity index (χ0n) is 13.1. The van der Waals surface area contributed by atoms with Crippen molar-refractivity contribution in [3.05, 3.63) is 29.3 Å². The van der Waals surface area contributed by atoms with Crippen LogP contribution in [0.1, 0.15) is 24.0 Å². The number of aryl methyl sites for hydroxylation is 2. The monoisotopic (exact) mass is 293 g/mol. The highest BCUT2D eigenvalue weighted by Gasteiger charge is 2.20. The Balaban J connectivity index is 1.73. The van der Waals surface area contributed by atoms with Gasteiger partial charge in [0.1, 0.15) is 18.5 Å². The Morgan fingerprint density at radius 3 is 2.62 bits per heavy atom. The van der Waals surface area contributed by atoms with Crippen LogP contribution in [0.2, 0.25) is 0 Å². The Bertz CT molecular complexity index is 442. The fourth-order valence-corrected chi connectivity index (χ4v) is 2.85. The van der Waals surface area contributed by atoms with Crippen molar-refractivity contribution in [1.82, 2.24) is 4.90 Å². The molecule has 1 aromatic rings. The minimum Gasteiger partial charge on any atom is -0.491 e. The molecule has 0 aliphatic carbocycles. The van der Waals surface area contributed by atoms with Crippen molar-refractivity contribution in [2.45, 2.75) is 32.8 Å². The number of likely N-dealkylation sites (tertiary alicyclic amines) is 1. The van der Waals surface area contributed by atoms with Crippen molar-refractivity contribution in [3.63, 3.8) is 0 Å². The Morgan fingerprint density at radius 2 is 2.00 bits per heavy atom. The Hall–Kier alpha value is -1.10. The summed E-state index contributed by atoms with van der Waals surface area (Å²) in [7, 11) is 0. The average Bonchev–Trinajstić information content (AvgIpc) is 2.47. The van der Waals surface area contributed by atoms with E-state index in [9.17, 15) is 5.11 Å². The van der Waals surface area contributed by atoms with Gasteiger partial charge in [0.05, 0.1) is 0 Å². The molecule has 0 saturated carbocycles. The van der Waals surface area contributed by atoms with Crippen LogP contribution in [-0.2, 0) is 0 Å². The number of ether oxygens (including phenoxy) is 1. The largest absolute Gasteiger partial charge is 0.491 e. The lowest BCUT2D eigenvalue weighted by molar-refractivity contribution is 0.0487. The van der Waals surface area contributed by atoms with Crippen LogP contribution in [0.25, 0.3) is 0 Å². The summed E-state index contributed by atoms with van der Waals surface area (Å²) in [5.74, 6) is 1.28. The molecular formula is C17H27NO3. The highest BCUT2D eigenvalue weighted by atomic mass is 16.5. The lowest BCUT2D eigenvalue weighted by Crippen LogP contribution is -2.41. The summed E-state index contributed by atoms with van der Waals surface area (Å²) in [4.78, 5) is 2.25. The average molecular weight is 293 g/mol. The van der Waals surface area contributed by atoms with Crippen molar-refractivity contribution in [2.24, 2.45) is 5.92 Å². The van der Waals surface area contributed by atoms with Crippen molar-refractivity contribution in [2.75, 3.05) is 32.8 Å². The predicted molar refractivity (Wildman–Crippen MR) is 83.7 cm³/mol. The van der Waals surface area contributed by atoms with Crippen LogP contribution in [0.3, 0.4) is 0 Å². The molecule has 1 heterocycles. The van der Waals surface area contributed by atoms with Crippen LogP contribution in [0.4, 0.5) is 0 Å². The molecule has 0 amide bonds. The Kier molecular flexibility index (Phi) is 6.03. The first kappa shape index (κ1) is 16.3. The summed E-state index contributed by atoms with van der Waals surface area (Å²) in [6, 6.07) is 6.07. The molecule has 21 heavy (non-hydrogen) atoms. The number of nitrogens with zero attached hydrogens (tertiary/aromatic N) is 1. The second-order valence-corrected chi connectivity index (χ2v) is 6.16. The molecule has 1 atom stereocenters. The second-order valence-electron chi connectivity index (χ2n) is 6.16. The number of hydrogen-bond donors (Lipinski definition) is 2. The lowest BCUT2D eigenvalue weighted by atomic mass is 9.98. The molecule has 1 unspecified atom stereocenters. The number of piperidine rings is 1. The van der Waals surface area contributed by atoms with Crippen LogP contribution < -0.4 is 4.74 Å². The summed E-state index contributed by atoms with van der Waals surface area (Å²) in [6.07, 6.45) is 1.55. The van der Waals surface area contributed by atoms with Crippen LogP contribution in [0.5, 0.6) is 5.75 Å². The van der Waals surface area contributed by atoms with Gasteiger partial charge in [-0.2, -0.15) is 0 Å². The fraction of sp³-hybridized carbons (Fsp3) is 0.647. The standard InChI is InChI=1S/C17H27NO3/c1-13-3-4-17(14(2)9-13)21-12-16(20)10-18-7-5-15(11-19)6-8-18/h3-4,9,15-16,19-20H,5-8,10-12H2,1-2H3. The fourth-order valence-electron chi connectivity index (χ4n) is 2.85. The molecule has 118 valence electrons. The van der Waals surface area contributed by atoms with Gasteiger partial charge < -0.3 is 19.8 Å². The molecule has 0 spiro atoms. The number of β-amino-alcohol motifs (C(OH)–C–C–N with tert-alkyl or cyclic N) is 1. The highest BCUT2D eigenvalue weighted by molar-refractivity contribution is 5.35. The first-order chi connectivity index (χ1) is 10.1. The van der Waals surface area contributed by atoms with Crippen molar-refractivity contribution in [3.8, 4) is 5.75 Å². The maximum Gasteiger partial charge on any atom is 0.122 e. The lowest BCUT2D eigenvalue weighted by Gasteiger charge is -2.32. The maximum atomic E-state index is 10.1. The van der Waals surface area contributed by atoms with Gasteiger partial charge in [0.15, 0.2) is 0 Å². The summed E-state index contributed by atoms with van der Waals surface area (Å²) < 4.78 is 5.72. The SMILES string of the molecule is Cc1ccc(OCC(O)CN2CCC(CO)CC2)c(C)c1. The van der Waals surface area contributed by atoms with E-state index in [1.54, 1.807) is 0 Å². The predicted octanol–water partition coefficient (Wildman–Crippen LogP) is 1.75. The van der Waals surface area contributed by atoms with E-state index in [2.05, 4.69) is 17.9 Å². The van der Waals surface area contributed by atoms with Crippen LogP contribution in [-0.4, -0.2) is 54.1 Å². The molecule has 1 saturated heterocycles. The number of aliphatic hydroxyl groups excluding tert-OH is 2. The van der Waals surface area contributed by atoms with Crippen LogP contribution in [0, 0.1) is 19.8 Å².